The first-order valence-electron chi connectivity index (χ1n) is 23.0. The molecule has 0 bridgehead atoms. The molecular formula is C45H87NO9. The fraction of sp³-hybridized carbons (Fsp3) is 0.933. The van der Waals surface area contributed by atoms with E-state index in [0.717, 1.165) is 44.9 Å². The van der Waals surface area contributed by atoms with Crippen LogP contribution in [0, 0.1) is 0 Å². The first-order chi connectivity index (χ1) is 26.8. The van der Waals surface area contributed by atoms with Gasteiger partial charge in [-0.15, -0.1) is 0 Å². The van der Waals surface area contributed by atoms with Crippen LogP contribution in [0.5, 0.6) is 0 Å². The number of aliphatic hydroxyl groups excluding tert-OH is 6. The minimum atomic E-state index is -1.60. The van der Waals surface area contributed by atoms with Crippen LogP contribution in [0.3, 0.4) is 0 Å². The molecule has 0 aromatic rings. The monoisotopic (exact) mass is 786 g/mol. The SMILES string of the molecule is CCCCCCCCC/C=C/CCCC[C@@H](O)[C@H](CO[C@@H]1O[C@H](CO)[C@@H](O)C(O)C1O)NC(=O)[C@H](O)CCCCCCCCCCCCCCCCCCC. The van der Waals surface area contributed by atoms with E-state index in [9.17, 15) is 35.4 Å². The van der Waals surface area contributed by atoms with Gasteiger partial charge in [0.2, 0.25) is 5.91 Å². The lowest BCUT2D eigenvalue weighted by molar-refractivity contribution is -0.302. The predicted octanol–water partition coefficient (Wildman–Crippen LogP) is 8.31. The molecule has 326 valence electrons. The van der Waals surface area contributed by atoms with Crippen LogP contribution in [0.15, 0.2) is 12.2 Å². The lowest BCUT2D eigenvalue weighted by Gasteiger charge is -2.40. The Morgan fingerprint density at radius 2 is 1.02 bits per heavy atom. The van der Waals surface area contributed by atoms with Gasteiger partial charge in [0.1, 0.15) is 30.5 Å². The van der Waals surface area contributed by atoms with Gasteiger partial charge in [0.05, 0.1) is 25.4 Å². The molecule has 0 aromatic heterocycles. The summed E-state index contributed by atoms with van der Waals surface area (Å²) >= 11 is 0. The minimum Gasteiger partial charge on any atom is -0.394 e. The highest BCUT2D eigenvalue weighted by atomic mass is 16.7. The standard InChI is InChI=1S/C45H87NO9/c1-3-5-7-9-11-13-15-17-18-19-20-22-24-26-28-30-32-34-39(49)44(53)46-37(36-54-45-43(52)42(51)41(50)40(35-47)55-45)38(48)33-31-29-27-25-23-21-16-14-12-10-8-6-4-2/h23,25,37-43,45,47-52H,3-22,24,26-36H2,1-2H3,(H,46,53)/b25-23+/t37-,38+,39+,40+,41+,42?,43?,45+/m0/s1. The van der Waals surface area contributed by atoms with Crippen molar-refractivity contribution in [2.45, 2.75) is 255 Å². The van der Waals surface area contributed by atoms with Crippen molar-refractivity contribution in [1.29, 1.82) is 0 Å². The topological polar surface area (TPSA) is 169 Å². The van der Waals surface area contributed by atoms with Gasteiger partial charge >= 0.3 is 0 Å². The van der Waals surface area contributed by atoms with Crippen molar-refractivity contribution >= 4 is 5.91 Å². The maximum Gasteiger partial charge on any atom is 0.249 e. The lowest BCUT2D eigenvalue weighted by atomic mass is 9.99. The average molecular weight is 786 g/mol. The fourth-order valence-electron chi connectivity index (χ4n) is 7.40. The van der Waals surface area contributed by atoms with Crippen LogP contribution >= 0.6 is 0 Å². The summed E-state index contributed by atoms with van der Waals surface area (Å²) in [6, 6.07) is -0.905. The number of hydrogen-bond donors (Lipinski definition) is 7. The molecular weight excluding hydrogens is 698 g/mol. The lowest BCUT2D eigenvalue weighted by Crippen LogP contribution is -2.60. The number of rotatable bonds is 38. The molecule has 1 rings (SSSR count). The van der Waals surface area contributed by atoms with Crippen LogP contribution < -0.4 is 5.32 Å². The number of ether oxygens (including phenoxy) is 2. The van der Waals surface area contributed by atoms with Gasteiger partial charge in [-0.05, 0) is 38.5 Å². The molecule has 0 radical (unpaired) electrons. The summed E-state index contributed by atoms with van der Waals surface area (Å²) in [5, 5.41) is 64.7. The Balaban J connectivity index is 2.39. The molecule has 1 aliphatic heterocycles. The van der Waals surface area contributed by atoms with E-state index in [2.05, 4.69) is 31.3 Å². The van der Waals surface area contributed by atoms with Gasteiger partial charge in [0.15, 0.2) is 6.29 Å². The summed E-state index contributed by atoms with van der Waals surface area (Å²) in [5.74, 6) is -0.591. The summed E-state index contributed by atoms with van der Waals surface area (Å²) in [5.41, 5.74) is 0. The van der Waals surface area contributed by atoms with Crippen LogP contribution in [-0.4, -0.2) is 98.7 Å². The zero-order valence-electron chi connectivity index (χ0n) is 35.3. The maximum atomic E-state index is 13.0. The van der Waals surface area contributed by atoms with Crippen molar-refractivity contribution in [2.75, 3.05) is 13.2 Å². The minimum absolute atomic E-state index is 0.264. The second-order valence-corrected chi connectivity index (χ2v) is 16.3. The Morgan fingerprint density at radius 1 is 0.600 bits per heavy atom. The molecule has 7 N–H and O–H groups in total. The predicted molar refractivity (Wildman–Crippen MR) is 223 cm³/mol. The highest BCUT2D eigenvalue weighted by molar-refractivity contribution is 5.80. The van der Waals surface area contributed by atoms with Crippen LogP contribution in [-0.2, 0) is 14.3 Å². The normalized spacial score (nSPS) is 21.9. The van der Waals surface area contributed by atoms with Gasteiger partial charge < -0.3 is 45.4 Å². The van der Waals surface area contributed by atoms with Gasteiger partial charge in [-0.3, -0.25) is 4.79 Å². The van der Waals surface area contributed by atoms with E-state index in [1.165, 1.54) is 135 Å². The molecule has 1 saturated heterocycles. The van der Waals surface area contributed by atoms with Gasteiger partial charge in [0, 0.05) is 0 Å². The molecule has 55 heavy (non-hydrogen) atoms. The molecule has 0 aliphatic carbocycles. The van der Waals surface area contributed by atoms with E-state index >= 15 is 0 Å². The Hall–Kier alpha value is -1.11. The van der Waals surface area contributed by atoms with E-state index in [1.54, 1.807) is 0 Å². The zero-order chi connectivity index (χ0) is 40.4. The molecule has 10 nitrogen and oxygen atoms in total. The second kappa shape index (κ2) is 36.0. The Morgan fingerprint density at radius 3 is 1.49 bits per heavy atom. The number of aliphatic hydroxyl groups is 6. The summed E-state index contributed by atoms with van der Waals surface area (Å²) < 4.78 is 11.2. The maximum absolute atomic E-state index is 13.0. The Labute approximate surface area is 336 Å². The first-order valence-corrected chi connectivity index (χ1v) is 23.0. The first kappa shape index (κ1) is 51.9. The van der Waals surface area contributed by atoms with Crippen molar-refractivity contribution in [3.05, 3.63) is 12.2 Å². The Bertz CT molecular complexity index is 890. The number of hydrogen-bond acceptors (Lipinski definition) is 9. The second-order valence-electron chi connectivity index (χ2n) is 16.3. The summed E-state index contributed by atoms with van der Waals surface area (Å²) in [4.78, 5) is 13.0. The molecule has 10 heteroatoms. The van der Waals surface area contributed by atoms with Gasteiger partial charge in [-0.1, -0.05) is 180 Å². The fourth-order valence-corrected chi connectivity index (χ4v) is 7.40. The summed E-state index contributed by atoms with van der Waals surface area (Å²) in [7, 11) is 0. The number of carbonyl (C=O) groups excluding carboxylic acids is 1. The van der Waals surface area contributed by atoms with Crippen molar-refractivity contribution in [1.82, 2.24) is 5.32 Å². The van der Waals surface area contributed by atoms with Crippen molar-refractivity contribution < 1.29 is 44.9 Å². The number of nitrogens with one attached hydrogen (secondary N) is 1. The van der Waals surface area contributed by atoms with Crippen LogP contribution in [0.25, 0.3) is 0 Å². The van der Waals surface area contributed by atoms with E-state index < -0.39 is 61.5 Å². The molecule has 1 aliphatic rings. The molecule has 0 aromatic carbocycles. The third-order valence-corrected chi connectivity index (χ3v) is 11.2. The molecule has 8 atom stereocenters. The third kappa shape index (κ3) is 26.5. The summed E-state index contributed by atoms with van der Waals surface area (Å²) in [6.07, 6.45) is 29.8. The third-order valence-electron chi connectivity index (χ3n) is 11.2. The van der Waals surface area contributed by atoms with Crippen LogP contribution in [0.1, 0.15) is 206 Å². The molecule has 1 amide bonds. The number of carbonyl (C=O) groups is 1. The molecule has 1 heterocycles. The van der Waals surface area contributed by atoms with Crippen molar-refractivity contribution in [3.8, 4) is 0 Å². The average Bonchev–Trinajstić information content (AvgIpc) is 3.18. The Kier molecular flexibility index (Phi) is 34.0. The van der Waals surface area contributed by atoms with E-state index in [0.29, 0.717) is 12.8 Å². The molecule has 0 spiro atoms. The van der Waals surface area contributed by atoms with Crippen LogP contribution in [0.2, 0.25) is 0 Å². The highest BCUT2D eigenvalue weighted by Gasteiger charge is 2.44. The van der Waals surface area contributed by atoms with E-state index in [-0.39, 0.29) is 6.61 Å². The quantitative estimate of drug-likeness (QED) is 0.0241. The number of allylic oxidation sites excluding steroid dienone is 2. The van der Waals surface area contributed by atoms with Gasteiger partial charge in [-0.25, -0.2) is 0 Å². The molecule has 1 fully saturated rings. The highest BCUT2D eigenvalue weighted by Crippen LogP contribution is 2.23. The smallest absolute Gasteiger partial charge is 0.249 e. The van der Waals surface area contributed by atoms with Crippen LogP contribution in [0.4, 0.5) is 0 Å². The largest absolute Gasteiger partial charge is 0.394 e. The molecule has 0 saturated carbocycles. The van der Waals surface area contributed by atoms with Crippen molar-refractivity contribution in [3.63, 3.8) is 0 Å². The van der Waals surface area contributed by atoms with Gasteiger partial charge in [0.25, 0.3) is 0 Å². The zero-order valence-corrected chi connectivity index (χ0v) is 35.3. The summed E-state index contributed by atoms with van der Waals surface area (Å²) in [6.45, 7) is 3.64. The number of unbranched alkanes of at least 4 members (excludes halogenated alkanes) is 25. The van der Waals surface area contributed by atoms with E-state index in [1.807, 2.05) is 0 Å². The van der Waals surface area contributed by atoms with E-state index in [4.69, 9.17) is 9.47 Å². The molecule has 2 unspecified atom stereocenters. The van der Waals surface area contributed by atoms with Crippen molar-refractivity contribution in [2.24, 2.45) is 0 Å². The number of amides is 1. The van der Waals surface area contributed by atoms with Gasteiger partial charge in [-0.2, -0.15) is 0 Å².